The quantitative estimate of drug-likeness (QED) is 0.325. The minimum Gasteiger partial charge on any atom is -0.508 e. The highest BCUT2D eigenvalue weighted by atomic mass is 32.2. The van der Waals surface area contributed by atoms with E-state index >= 15 is 0 Å². The number of benzene rings is 1. The van der Waals surface area contributed by atoms with E-state index in [2.05, 4.69) is 13.8 Å². The number of phenolic OH excluding ortho intramolecular Hbond substituents is 1. The van der Waals surface area contributed by atoms with Gasteiger partial charge < -0.3 is 9.84 Å². The highest BCUT2D eigenvalue weighted by Gasteiger charge is 2.13. The van der Waals surface area contributed by atoms with Crippen molar-refractivity contribution in [2.75, 3.05) is 18.1 Å². The molecule has 1 aromatic rings. The summed E-state index contributed by atoms with van der Waals surface area (Å²) in [4.78, 5) is 12.3. The molecule has 25 heavy (non-hydrogen) atoms. The molecule has 0 aliphatic heterocycles. The monoisotopic (exact) mass is 366 g/mol. The predicted octanol–water partition coefficient (Wildman–Crippen LogP) is 5.99. The van der Waals surface area contributed by atoms with Crippen LogP contribution in [0.25, 0.3) is 0 Å². The van der Waals surface area contributed by atoms with Crippen molar-refractivity contribution in [1.82, 2.24) is 0 Å². The van der Waals surface area contributed by atoms with Gasteiger partial charge in [-0.3, -0.25) is 0 Å². The van der Waals surface area contributed by atoms with E-state index in [0.29, 0.717) is 12.2 Å². The smallest absolute Gasteiger partial charge is 0.338 e. The fourth-order valence-electron chi connectivity index (χ4n) is 2.71. The van der Waals surface area contributed by atoms with E-state index in [4.69, 9.17) is 4.74 Å². The number of phenols is 1. The van der Waals surface area contributed by atoms with Crippen LogP contribution < -0.4 is 0 Å². The minimum absolute atomic E-state index is 0.206. The van der Waals surface area contributed by atoms with E-state index in [0.717, 1.165) is 36.3 Å². The number of esters is 1. The SMILES string of the molecule is CCCCCCCCSCCOC(=O)c1ccc(O)cc1CCCC. The van der Waals surface area contributed by atoms with Crippen molar-refractivity contribution in [1.29, 1.82) is 0 Å². The van der Waals surface area contributed by atoms with Crippen LogP contribution in [-0.4, -0.2) is 29.2 Å². The largest absolute Gasteiger partial charge is 0.508 e. The minimum atomic E-state index is -0.272. The van der Waals surface area contributed by atoms with Gasteiger partial charge in [-0.25, -0.2) is 4.79 Å². The number of rotatable bonds is 14. The zero-order valence-electron chi connectivity index (χ0n) is 15.9. The third-order valence-electron chi connectivity index (χ3n) is 4.21. The van der Waals surface area contributed by atoms with Gasteiger partial charge in [0.2, 0.25) is 0 Å². The molecule has 3 nitrogen and oxygen atoms in total. The molecule has 1 N–H and O–H groups in total. The number of hydrogen-bond donors (Lipinski definition) is 1. The van der Waals surface area contributed by atoms with E-state index in [9.17, 15) is 9.90 Å². The second-order valence-corrected chi connectivity index (χ2v) is 7.69. The molecule has 0 spiro atoms. The summed E-state index contributed by atoms with van der Waals surface area (Å²) in [6.07, 6.45) is 10.7. The molecular formula is C21H34O3S. The molecule has 142 valence electrons. The second-order valence-electron chi connectivity index (χ2n) is 6.46. The molecular weight excluding hydrogens is 332 g/mol. The fourth-order valence-corrected chi connectivity index (χ4v) is 3.52. The summed E-state index contributed by atoms with van der Waals surface area (Å²) >= 11 is 1.86. The summed E-state index contributed by atoms with van der Waals surface area (Å²) in [5.74, 6) is 1.93. The van der Waals surface area contributed by atoms with Crippen LogP contribution in [0.5, 0.6) is 5.75 Å². The molecule has 0 atom stereocenters. The summed E-state index contributed by atoms with van der Waals surface area (Å²) in [5.41, 5.74) is 1.47. The molecule has 4 heteroatoms. The van der Waals surface area contributed by atoms with Gasteiger partial charge in [-0.15, -0.1) is 0 Å². The maximum atomic E-state index is 12.3. The lowest BCUT2D eigenvalue weighted by Gasteiger charge is -2.10. The maximum Gasteiger partial charge on any atom is 0.338 e. The Bertz CT molecular complexity index is 488. The van der Waals surface area contributed by atoms with Gasteiger partial charge in [0.25, 0.3) is 0 Å². The second kappa shape index (κ2) is 14.1. The summed E-state index contributed by atoms with van der Waals surface area (Å²) in [6, 6.07) is 4.91. The molecule has 0 aliphatic rings. The van der Waals surface area contributed by atoms with Crippen LogP contribution in [0.15, 0.2) is 18.2 Å². The van der Waals surface area contributed by atoms with E-state index in [1.54, 1.807) is 18.2 Å². The van der Waals surface area contributed by atoms with Crippen LogP contribution in [0.1, 0.15) is 81.1 Å². The lowest BCUT2D eigenvalue weighted by atomic mass is 10.0. The number of carbonyl (C=O) groups excluding carboxylic acids is 1. The predicted molar refractivity (Wildman–Crippen MR) is 108 cm³/mol. The molecule has 0 saturated carbocycles. The zero-order valence-corrected chi connectivity index (χ0v) is 16.7. The van der Waals surface area contributed by atoms with Crippen molar-refractivity contribution in [2.24, 2.45) is 0 Å². The Labute approximate surface area is 157 Å². The molecule has 1 rings (SSSR count). The van der Waals surface area contributed by atoms with E-state index in [1.807, 2.05) is 11.8 Å². The van der Waals surface area contributed by atoms with E-state index in [1.165, 1.54) is 38.5 Å². The number of thioether (sulfide) groups is 1. The first-order chi connectivity index (χ1) is 12.2. The van der Waals surface area contributed by atoms with Crippen LogP contribution >= 0.6 is 11.8 Å². The lowest BCUT2D eigenvalue weighted by molar-refractivity contribution is 0.0529. The topological polar surface area (TPSA) is 46.5 Å². The first-order valence-electron chi connectivity index (χ1n) is 9.75. The summed E-state index contributed by atoms with van der Waals surface area (Å²) in [6.45, 7) is 4.80. The molecule has 0 bridgehead atoms. The number of carbonyl (C=O) groups is 1. The van der Waals surface area contributed by atoms with Crippen LogP contribution in [0.4, 0.5) is 0 Å². The Morgan fingerprint density at radius 3 is 2.48 bits per heavy atom. The van der Waals surface area contributed by atoms with Crippen LogP contribution in [0.2, 0.25) is 0 Å². The Morgan fingerprint density at radius 2 is 1.72 bits per heavy atom. The highest BCUT2D eigenvalue weighted by molar-refractivity contribution is 7.99. The van der Waals surface area contributed by atoms with Gasteiger partial charge in [0, 0.05) is 5.75 Å². The molecule has 0 heterocycles. The third-order valence-corrected chi connectivity index (χ3v) is 5.24. The van der Waals surface area contributed by atoms with Crippen LogP contribution in [0, 0.1) is 0 Å². The summed E-state index contributed by atoms with van der Waals surface area (Å²) < 4.78 is 5.41. The van der Waals surface area contributed by atoms with E-state index < -0.39 is 0 Å². The molecule has 0 fully saturated rings. The van der Waals surface area contributed by atoms with Crippen molar-refractivity contribution < 1.29 is 14.6 Å². The van der Waals surface area contributed by atoms with Crippen molar-refractivity contribution in [2.45, 2.75) is 71.6 Å². The standard InChI is InChI=1S/C21H34O3S/c1-3-5-7-8-9-10-15-25-16-14-24-21(23)20-13-12-19(22)17-18(20)11-6-4-2/h12-13,17,22H,3-11,14-16H2,1-2H3. The Hall–Kier alpha value is -1.16. The van der Waals surface area contributed by atoms with Crippen molar-refractivity contribution >= 4 is 17.7 Å². The van der Waals surface area contributed by atoms with Gasteiger partial charge in [0.1, 0.15) is 12.4 Å². The van der Waals surface area contributed by atoms with Crippen molar-refractivity contribution in [3.63, 3.8) is 0 Å². The third kappa shape index (κ3) is 9.78. The number of ether oxygens (including phenoxy) is 1. The molecule has 0 amide bonds. The Morgan fingerprint density at radius 1 is 1.00 bits per heavy atom. The van der Waals surface area contributed by atoms with Gasteiger partial charge in [-0.2, -0.15) is 11.8 Å². The van der Waals surface area contributed by atoms with Gasteiger partial charge in [-0.1, -0.05) is 52.4 Å². The molecule has 0 aromatic heterocycles. The lowest BCUT2D eigenvalue weighted by Crippen LogP contribution is -2.10. The molecule has 0 saturated heterocycles. The van der Waals surface area contributed by atoms with Crippen molar-refractivity contribution in [3.8, 4) is 5.75 Å². The van der Waals surface area contributed by atoms with Gasteiger partial charge >= 0.3 is 5.97 Å². The first kappa shape index (κ1) is 21.9. The Kier molecular flexibility index (Phi) is 12.3. The fraction of sp³-hybridized carbons (Fsp3) is 0.667. The molecule has 0 aliphatic carbocycles. The maximum absolute atomic E-state index is 12.3. The number of hydrogen-bond acceptors (Lipinski definition) is 4. The Balaban J connectivity index is 2.22. The highest BCUT2D eigenvalue weighted by Crippen LogP contribution is 2.20. The van der Waals surface area contributed by atoms with Gasteiger partial charge in [-0.05, 0) is 48.8 Å². The average Bonchev–Trinajstić information content (AvgIpc) is 2.61. The number of aryl methyl sites for hydroxylation is 1. The first-order valence-corrected chi connectivity index (χ1v) is 10.9. The zero-order chi connectivity index (χ0) is 18.3. The molecule has 0 radical (unpaired) electrons. The normalized spacial score (nSPS) is 10.8. The average molecular weight is 367 g/mol. The van der Waals surface area contributed by atoms with Gasteiger partial charge in [0.05, 0.1) is 5.56 Å². The van der Waals surface area contributed by atoms with Crippen LogP contribution in [-0.2, 0) is 11.2 Å². The van der Waals surface area contributed by atoms with Crippen LogP contribution in [0.3, 0.4) is 0 Å². The van der Waals surface area contributed by atoms with Crippen molar-refractivity contribution in [3.05, 3.63) is 29.3 Å². The summed E-state index contributed by atoms with van der Waals surface area (Å²) in [5, 5.41) is 9.63. The number of unbranched alkanes of at least 4 members (excludes halogenated alkanes) is 6. The number of aromatic hydroxyl groups is 1. The van der Waals surface area contributed by atoms with Gasteiger partial charge in [0.15, 0.2) is 0 Å². The molecule has 1 aromatic carbocycles. The molecule has 0 unspecified atom stereocenters. The van der Waals surface area contributed by atoms with E-state index in [-0.39, 0.29) is 11.7 Å². The summed E-state index contributed by atoms with van der Waals surface area (Å²) in [7, 11) is 0.